The largest absolute Gasteiger partial charge is 0.306 e. The Morgan fingerprint density at radius 1 is 0.867 bits per heavy atom. The molecule has 3 heteroatoms. The molecule has 2 aromatic heterocycles. The van der Waals surface area contributed by atoms with Gasteiger partial charge in [0.1, 0.15) is 0 Å². The number of carbonyl (C=O) groups excluding carboxylic acids is 1. The third-order valence-electron chi connectivity index (χ3n) is 7.23. The quantitative estimate of drug-likeness (QED) is 0.369. The zero-order valence-corrected chi connectivity index (χ0v) is 17.1. The van der Waals surface area contributed by atoms with E-state index in [-0.39, 0.29) is 5.92 Å². The number of benzene rings is 2. The molecule has 2 aliphatic rings. The van der Waals surface area contributed by atoms with E-state index in [0.717, 1.165) is 36.8 Å². The zero-order chi connectivity index (χ0) is 20.1. The molecule has 2 heterocycles. The molecule has 0 spiro atoms. The maximum absolute atomic E-state index is 13.6. The first-order valence-electron chi connectivity index (χ1n) is 11.3. The Labute approximate surface area is 176 Å². The van der Waals surface area contributed by atoms with Crippen molar-refractivity contribution in [1.82, 2.24) is 9.38 Å². The van der Waals surface area contributed by atoms with Crippen LogP contribution < -0.4 is 0 Å². The lowest BCUT2D eigenvalue weighted by Gasteiger charge is -2.29. The molecule has 0 unspecified atom stereocenters. The van der Waals surface area contributed by atoms with Gasteiger partial charge in [0.25, 0.3) is 0 Å². The summed E-state index contributed by atoms with van der Waals surface area (Å²) >= 11 is 0. The molecule has 0 amide bonds. The minimum Gasteiger partial charge on any atom is -0.306 e. The first-order chi connectivity index (χ1) is 14.8. The molecule has 6 rings (SSSR count). The summed E-state index contributed by atoms with van der Waals surface area (Å²) in [6.45, 7) is 0. The predicted molar refractivity (Wildman–Crippen MR) is 120 cm³/mol. The maximum atomic E-state index is 13.6. The van der Waals surface area contributed by atoms with Crippen molar-refractivity contribution in [3.63, 3.8) is 0 Å². The maximum Gasteiger partial charge on any atom is 0.168 e. The molecule has 150 valence electrons. The third-order valence-corrected chi connectivity index (χ3v) is 7.23. The molecule has 3 nitrogen and oxygen atoms in total. The number of hydrogen-bond acceptors (Lipinski definition) is 2. The van der Waals surface area contributed by atoms with Gasteiger partial charge in [-0.15, -0.1) is 0 Å². The minimum atomic E-state index is 0.139. The summed E-state index contributed by atoms with van der Waals surface area (Å²) in [6.07, 6.45) is 12.3. The number of hydrogen-bond donors (Lipinski definition) is 0. The summed E-state index contributed by atoms with van der Waals surface area (Å²) in [7, 11) is 0. The number of ketones is 1. The lowest BCUT2D eigenvalue weighted by Crippen LogP contribution is -2.23. The minimum absolute atomic E-state index is 0.139. The van der Waals surface area contributed by atoms with E-state index in [4.69, 9.17) is 0 Å². The molecular formula is C27H26N2O. The van der Waals surface area contributed by atoms with Crippen LogP contribution in [0.25, 0.3) is 16.3 Å². The molecule has 0 saturated heterocycles. The Morgan fingerprint density at radius 3 is 2.43 bits per heavy atom. The van der Waals surface area contributed by atoms with Gasteiger partial charge in [-0.25, -0.2) is 4.98 Å². The summed E-state index contributed by atoms with van der Waals surface area (Å²) in [5, 5.41) is 2.61. The lowest BCUT2D eigenvalue weighted by molar-refractivity contribution is 0.0884. The topological polar surface area (TPSA) is 34.4 Å². The van der Waals surface area contributed by atoms with Gasteiger partial charge in [-0.05, 0) is 78.3 Å². The van der Waals surface area contributed by atoms with Crippen LogP contribution in [0.1, 0.15) is 71.8 Å². The normalized spacial score (nSPS) is 21.9. The fourth-order valence-electron chi connectivity index (χ4n) is 5.37. The average Bonchev–Trinajstić information content (AvgIpc) is 3.54. The molecular weight excluding hydrogens is 368 g/mol. The second-order valence-electron chi connectivity index (χ2n) is 9.13. The summed E-state index contributed by atoms with van der Waals surface area (Å²) in [5.74, 6) is 1.62. The highest BCUT2D eigenvalue weighted by Gasteiger charge is 2.34. The van der Waals surface area contributed by atoms with E-state index in [1.54, 1.807) is 6.33 Å². The highest BCUT2D eigenvalue weighted by atomic mass is 16.1. The van der Waals surface area contributed by atoms with Crippen LogP contribution in [0.2, 0.25) is 0 Å². The predicted octanol–water partition coefficient (Wildman–Crippen LogP) is 6.52. The Morgan fingerprint density at radius 2 is 1.63 bits per heavy atom. The number of aromatic nitrogens is 2. The van der Waals surface area contributed by atoms with Crippen LogP contribution in [0.3, 0.4) is 0 Å². The number of pyridine rings is 1. The number of carbonyl (C=O) groups is 1. The number of imidazole rings is 1. The van der Waals surface area contributed by atoms with Crippen molar-refractivity contribution in [2.24, 2.45) is 5.92 Å². The Balaban J connectivity index is 1.24. The van der Waals surface area contributed by atoms with Crippen LogP contribution in [0.5, 0.6) is 0 Å². The SMILES string of the molecule is O=C(c1c(C2CC2)ccn2cncc12)C1CCC(c2ccc3ccccc3c2)CC1. The van der Waals surface area contributed by atoms with Crippen molar-refractivity contribution in [1.29, 1.82) is 0 Å². The molecule has 0 atom stereocenters. The van der Waals surface area contributed by atoms with Crippen molar-refractivity contribution in [3.05, 3.63) is 83.9 Å². The third kappa shape index (κ3) is 3.04. The zero-order valence-electron chi connectivity index (χ0n) is 17.1. The fraction of sp³-hybridized carbons (Fsp3) is 0.333. The smallest absolute Gasteiger partial charge is 0.168 e. The molecule has 0 radical (unpaired) electrons. The van der Waals surface area contributed by atoms with Crippen LogP contribution in [0.4, 0.5) is 0 Å². The van der Waals surface area contributed by atoms with Crippen molar-refractivity contribution < 1.29 is 4.79 Å². The van der Waals surface area contributed by atoms with Crippen molar-refractivity contribution in [2.75, 3.05) is 0 Å². The van der Waals surface area contributed by atoms with Crippen LogP contribution in [-0.2, 0) is 0 Å². The molecule has 0 bridgehead atoms. The molecule has 0 N–H and O–H groups in total. The van der Waals surface area contributed by atoms with E-state index in [1.165, 1.54) is 34.7 Å². The van der Waals surface area contributed by atoms with Crippen molar-refractivity contribution >= 4 is 22.1 Å². The van der Waals surface area contributed by atoms with Crippen LogP contribution in [0, 0.1) is 5.92 Å². The van der Waals surface area contributed by atoms with Gasteiger partial charge in [-0.2, -0.15) is 0 Å². The molecule has 2 fully saturated rings. The summed E-state index contributed by atoms with van der Waals surface area (Å²) in [6, 6.07) is 17.6. The van der Waals surface area contributed by atoms with E-state index in [2.05, 4.69) is 59.7 Å². The van der Waals surface area contributed by atoms with Gasteiger partial charge in [0.05, 0.1) is 18.0 Å². The van der Waals surface area contributed by atoms with Crippen molar-refractivity contribution in [3.8, 4) is 0 Å². The van der Waals surface area contributed by atoms with E-state index in [0.29, 0.717) is 17.6 Å². The number of Topliss-reactive ketones (excluding diaryl/α,β-unsaturated/α-hetero) is 1. The highest BCUT2D eigenvalue weighted by Crippen LogP contribution is 2.44. The number of fused-ring (bicyclic) bond motifs is 2. The first-order valence-corrected chi connectivity index (χ1v) is 11.3. The second kappa shape index (κ2) is 7.09. The van der Waals surface area contributed by atoms with Gasteiger partial charge < -0.3 is 4.40 Å². The Kier molecular flexibility index (Phi) is 4.22. The van der Waals surface area contributed by atoms with Crippen LogP contribution in [0.15, 0.2) is 67.3 Å². The molecule has 2 aliphatic carbocycles. The second-order valence-corrected chi connectivity index (χ2v) is 9.13. The van der Waals surface area contributed by atoms with Gasteiger partial charge in [0.15, 0.2) is 5.78 Å². The van der Waals surface area contributed by atoms with E-state index in [9.17, 15) is 4.79 Å². The van der Waals surface area contributed by atoms with Gasteiger partial charge >= 0.3 is 0 Å². The van der Waals surface area contributed by atoms with E-state index < -0.39 is 0 Å². The van der Waals surface area contributed by atoms with Crippen LogP contribution in [-0.4, -0.2) is 15.2 Å². The van der Waals surface area contributed by atoms with Gasteiger partial charge in [-0.3, -0.25) is 4.79 Å². The number of rotatable bonds is 4. The molecule has 2 saturated carbocycles. The molecule has 2 aromatic carbocycles. The lowest BCUT2D eigenvalue weighted by atomic mass is 9.75. The Bertz CT molecular complexity index is 1240. The standard InChI is InChI=1S/C27H26N2O/c30-27(26-24(20-8-9-20)13-14-29-17-28-16-25(26)29)21-10-5-19(6-11-21)23-12-7-18-3-1-2-4-22(18)15-23/h1-4,7,12-17,19-21H,5-6,8-11H2. The molecule has 0 aliphatic heterocycles. The molecule has 30 heavy (non-hydrogen) atoms. The van der Waals surface area contributed by atoms with Crippen molar-refractivity contribution in [2.45, 2.75) is 50.4 Å². The fourth-order valence-corrected chi connectivity index (χ4v) is 5.37. The summed E-state index contributed by atoms with van der Waals surface area (Å²) in [5.41, 5.74) is 4.62. The highest BCUT2D eigenvalue weighted by molar-refractivity contribution is 6.05. The van der Waals surface area contributed by atoms with Gasteiger partial charge in [0.2, 0.25) is 0 Å². The van der Waals surface area contributed by atoms with Gasteiger partial charge in [-0.1, -0.05) is 42.5 Å². The van der Waals surface area contributed by atoms with E-state index in [1.807, 2.05) is 10.6 Å². The average molecular weight is 395 g/mol. The summed E-state index contributed by atoms with van der Waals surface area (Å²) in [4.78, 5) is 17.9. The first kappa shape index (κ1) is 17.9. The van der Waals surface area contributed by atoms with E-state index >= 15 is 0 Å². The van der Waals surface area contributed by atoms with Crippen LogP contribution >= 0.6 is 0 Å². The Hall–Kier alpha value is -2.94. The summed E-state index contributed by atoms with van der Waals surface area (Å²) < 4.78 is 2.00. The van der Waals surface area contributed by atoms with Gasteiger partial charge in [0, 0.05) is 17.7 Å². The monoisotopic (exact) mass is 394 g/mol. The number of nitrogens with zero attached hydrogens (tertiary/aromatic N) is 2. The molecule has 4 aromatic rings.